The molecule has 0 aliphatic rings. The summed E-state index contributed by atoms with van der Waals surface area (Å²) in [6, 6.07) is 0. The van der Waals surface area contributed by atoms with Crippen LogP contribution in [0.5, 0.6) is 0 Å². The van der Waals surface area contributed by atoms with E-state index in [0.29, 0.717) is 19.3 Å². The molecule has 0 aromatic carbocycles. The molecule has 56 heavy (non-hydrogen) atoms. The van der Waals surface area contributed by atoms with Gasteiger partial charge in [0, 0.05) is 19.3 Å². The van der Waals surface area contributed by atoms with Gasteiger partial charge in [0.1, 0.15) is 13.2 Å². The normalized spacial score (nSPS) is 11.9. The van der Waals surface area contributed by atoms with Crippen molar-refractivity contribution < 1.29 is 28.6 Å². The van der Waals surface area contributed by atoms with Gasteiger partial charge in [-0.15, -0.1) is 0 Å². The Morgan fingerprint density at radius 1 is 0.339 bits per heavy atom. The zero-order chi connectivity index (χ0) is 41.0. The fourth-order valence-electron chi connectivity index (χ4n) is 7.51. The third-order valence-corrected chi connectivity index (χ3v) is 11.3. The number of ether oxygens (including phenoxy) is 3. The van der Waals surface area contributed by atoms with Crippen LogP contribution in [0.25, 0.3) is 0 Å². The van der Waals surface area contributed by atoms with E-state index in [1.54, 1.807) is 0 Å². The van der Waals surface area contributed by atoms with Crippen molar-refractivity contribution in [2.24, 2.45) is 5.92 Å². The van der Waals surface area contributed by atoms with Gasteiger partial charge in [-0.2, -0.15) is 0 Å². The van der Waals surface area contributed by atoms with Crippen molar-refractivity contribution in [3.05, 3.63) is 0 Å². The summed E-state index contributed by atoms with van der Waals surface area (Å²) in [5.41, 5.74) is 0. The van der Waals surface area contributed by atoms with Crippen LogP contribution in [-0.2, 0) is 28.6 Å². The number of hydrogen-bond donors (Lipinski definition) is 0. The standard InChI is InChI=1S/C50H96O6/c1-5-7-9-11-13-15-17-19-21-27-31-35-39-43-50(53)56-47(44-54-48(51)41-37-33-29-25-20-18-16-14-12-10-8-6-2)45-55-49(52)42-38-34-30-26-23-22-24-28-32-36-40-46(3)4/h46-47H,5-45H2,1-4H3/t47-/m1/s1. The molecule has 0 rings (SSSR count). The van der Waals surface area contributed by atoms with Crippen LogP contribution in [0.4, 0.5) is 0 Å². The van der Waals surface area contributed by atoms with Crippen molar-refractivity contribution in [1.29, 1.82) is 0 Å². The number of rotatable bonds is 45. The maximum Gasteiger partial charge on any atom is 0.306 e. The molecule has 0 N–H and O–H groups in total. The minimum absolute atomic E-state index is 0.0631. The van der Waals surface area contributed by atoms with Gasteiger partial charge in [0.15, 0.2) is 6.10 Å². The summed E-state index contributed by atoms with van der Waals surface area (Å²) < 4.78 is 16.8. The van der Waals surface area contributed by atoms with Crippen LogP contribution >= 0.6 is 0 Å². The summed E-state index contributed by atoms with van der Waals surface area (Å²) in [6.45, 7) is 9.00. The molecule has 0 aliphatic carbocycles. The van der Waals surface area contributed by atoms with Gasteiger partial charge in [0.25, 0.3) is 0 Å². The lowest BCUT2D eigenvalue weighted by Gasteiger charge is -2.18. The van der Waals surface area contributed by atoms with Crippen molar-refractivity contribution in [1.82, 2.24) is 0 Å². The first-order chi connectivity index (χ1) is 27.4. The predicted molar refractivity (Wildman–Crippen MR) is 238 cm³/mol. The first-order valence-corrected chi connectivity index (χ1v) is 24.9. The van der Waals surface area contributed by atoms with Gasteiger partial charge in [-0.05, 0) is 25.2 Å². The van der Waals surface area contributed by atoms with Crippen LogP contribution in [0, 0.1) is 5.92 Å². The lowest BCUT2D eigenvalue weighted by Crippen LogP contribution is -2.30. The second-order valence-corrected chi connectivity index (χ2v) is 17.6. The van der Waals surface area contributed by atoms with Crippen LogP contribution in [0.1, 0.15) is 278 Å². The van der Waals surface area contributed by atoms with E-state index in [9.17, 15) is 14.4 Å². The molecule has 0 fully saturated rings. The van der Waals surface area contributed by atoms with E-state index in [-0.39, 0.29) is 31.1 Å². The highest BCUT2D eigenvalue weighted by Crippen LogP contribution is 2.17. The maximum atomic E-state index is 12.7. The zero-order valence-electron chi connectivity index (χ0n) is 38.1. The van der Waals surface area contributed by atoms with Crippen molar-refractivity contribution in [2.75, 3.05) is 13.2 Å². The topological polar surface area (TPSA) is 78.9 Å². The number of carbonyl (C=O) groups is 3. The smallest absolute Gasteiger partial charge is 0.306 e. The van der Waals surface area contributed by atoms with Crippen LogP contribution in [0.3, 0.4) is 0 Å². The average molecular weight is 793 g/mol. The zero-order valence-corrected chi connectivity index (χ0v) is 38.1. The predicted octanol–water partition coefficient (Wildman–Crippen LogP) is 15.9. The van der Waals surface area contributed by atoms with E-state index in [0.717, 1.165) is 63.7 Å². The van der Waals surface area contributed by atoms with E-state index < -0.39 is 6.10 Å². The minimum atomic E-state index is -0.760. The number of esters is 3. The maximum absolute atomic E-state index is 12.7. The van der Waals surface area contributed by atoms with Crippen molar-refractivity contribution in [3.63, 3.8) is 0 Å². The van der Waals surface area contributed by atoms with Crippen molar-refractivity contribution in [2.45, 2.75) is 284 Å². The second-order valence-electron chi connectivity index (χ2n) is 17.6. The Morgan fingerprint density at radius 2 is 0.589 bits per heavy atom. The van der Waals surface area contributed by atoms with Crippen LogP contribution in [0.2, 0.25) is 0 Å². The van der Waals surface area contributed by atoms with Gasteiger partial charge in [-0.25, -0.2) is 0 Å². The molecule has 6 nitrogen and oxygen atoms in total. The summed E-state index contributed by atoms with van der Waals surface area (Å²) in [6.07, 6.45) is 45.1. The van der Waals surface area contributed by atoms with Crippen LogP contribution in [0.15, 0.2) is 0 Å². The number of unbranched alkanes of at least 4 members (excludes halogenated alkanes) is 32. The van der Waals surface area contributed by atoms with Gasteiger partial charge in [-0.1, -0.05) is 240 Å². The highest BCUT2D eigenvalue weighted by atomic mass is 16.6. The highest BCUT2D eigenvalue weighted by molar-refractivity contribution is 5.71. The molecule has 0 saturated heterocycles. The molecule has 0 unspecified atom stereocenters. The molecule has 332 valence electrons. The average Bonchev–Trinajstić information content (AvgIpc) is 3.18. The number of carbonyl (C=O) groups excluding carboxylic acids is 3. The van der Waals surface area contributed by atoms with Gasteiger partial charge in [0.2, 0.25) is 0 Å². The Hall–Kier alpha value is -1.59. The largest absolute Gasteiger partial charge is 0.462 e. The summed E-state index contributed by atoms with van der Waals surface area (Å²) >= 11 is 0. The Balaban J connectivity index is 4.32. The molecular formula is C50H96O6. The van der Waals surface area contributed by atoms with E-state index in [2.05, 4.69) is 27.7 Å². The summed E-state index contributed by atoms with van der Waals surface area (Å²) in [5, 5.41) is 0. The Labute approximate surface area is 348 Å². The monoisotopic (exact) mass is 793 g/mol. The van der Waals surface area contributed by atoms with Gasteiger partial charge in [-0.3, -0.25) is 14.4 Å². The van der Waals surface area contributed by atoms with Gasteiger partial charge >= 0.3 is 17.9 Å². The molecule has 6 heteroatoms. The first-order valence-electron chi connectivity index (χ1n) is 24.9. The fourth-order valence-corrected chi connectivity index (χ4v) is 7.51. The van der Waals surface area contributed by atoms with Crippen molar-refractivity contribution >= 4 is 17.9 Å². The molecule has 0 spiro atoms. The molecule has 1 atom stereocenters. The third kappa shape index (κ3) is 43.5. The van der Waals surface area contributed by atoms with E-state index in [1.165, 1.54) is 173 Å². The SMILES string of the molecule is CCCCCCCCCCCCCCCC(=O)O[C@H](COC(=O)CCCCCCCCCCCCCC)COC(=O)CCCCCCCCCCCCC(C)C. The minimum Gasteiger partial charge on any atom is -0.462 e. The first kappa shape index (κ1) is 54.4. The molecule has 0 bridgehead atoms. The molecule has 0 aliphatic heterocycles. The van der Waals surface area contributed by atoms with E-state index in [1.807, 2.05) is 0 Å². The number of hydrogen-bond acceptors (Lipinski definition) is 6. The quantitative estimate of drug-likeness (QED) is 0.0347. The second kappa shape index (κ2) is 44.5. The highest BCUT2D eigenvalue weighted by Gasteiger charge is 2.19. The molecule has 0 heterocycles. The summed E-state index contributed by atoms with van der Waals surface area (Å²) in [7, 11) is 0. The fraction of sp³-hybridized carbons (Fsp3) is 0.940. The van der Waals surface area contributed by atoms with E-state index >= 15 is 0 Å². The molecule has 0 saturated carbocycles. The van der Waals surface area contributed by atoms with Crippen molar-refractivity contribution in [3.8, 4) is 0 Å². The third-order valence-electron chi connectivity index (χ3n) is 11.3. The molecule has 0 amide bonds. The lowest BCUT2D eigenvalue weighted by molar-refractivity contribution is -0.167. The van der Waals surface area contributed by atoms with Gasteiger partial charge in [0.05, 0.1) is 0 Å². The molecule has 0 aromatic heterocycles. The molecular weight excluding hydrogens is 697 g/mol. The van der Waals surface area contributed by atoms with Gasteiger partial charge < -0.3 is 14.2 Å². The molecule has 0 radical (unpaired) electrons. The summed E-state index contributed by atoms with van der Waals surface area (Å²) in [4.78, 5) is 37.8. The van der Waals surface area contributed by atoms with Crippen LogP contribution < -0.4 is 0 Å². The Bertz CT molecular complexity index is 841. The Kier molecular flexibility index (Phi) is 43.2. The van der Waals surface area contributed by atoms with Crippen LogP contribution in [-0.4, -0.2) is 37.2 Å². The van der Waals surface area contributed by atoms with E-state index in [4.69, 9.17) is 14.2 Å². The summed E-state index contributed by atoms with van der Waals surface area (Å²) in [5.74, 6) is -0.0289. The Morgan fingerprint density at radius 3 is 0.875 bits per heavy atom. The lowest BCUT2D eigenvalue weighted by atomic mass is 10.0. The molecule has 0 aromatic rings.